The lowest BCUT2D eigenvalue weighted by Gasteiger charge is -2.17. The van der Waals surface area contributed by atoms with Crippen LogP contribution in [-0.4, -0.2) is 60.5 Å². The van der Waals surface area contributed by atoms with Gasteiger partial charge in [-0.05, 0) is 36.2 Å². The Kier molecular flexibility index (Phi) is 7.03. The van der Waals surface area contributed by atoms with Crippen molar-refractivity contribution in [3.8, 4) is 0 Å². The van der Waals surface area contributed by atoms with Gasteiger partial charge in [0.15, 0.2) is 0 Å². The number of aromatic nitrogens is 2. The second kappa shape index (κ2) is 9.48. The summed E-state index contributed by atoms with van der Waals surface area (Å²) in [5.74, 6) is -0.478. The highest BCUT2D eigenvalue weighted by atomic mass is 16.5. The quantitative estimate of drug-likeness (QED) is 0.728. The topological polar surface area (TPSA) is 84.4 Å². The Labute approximate surface area is 147 Å². The highest BCUT2D eigenvalue weighted by Gasteiger charge is 2.15. The second-order valence-corrected chi connectivity index (χ2v) is 5.51. The maximum atomic E-state index is 12.5. The second-order valence-electron chi connectivity index (χ2n) is 5.51. The molecule has 132 valence electrons. The molecule has 0 bridgehead atoms. The van der Waals surface area contributed by atoms with Crippen molar-refractivity contribution in [1.29, 1.82) is 0 Å². The van der Waals surface area contributed by atoms with Crippen molar-refractivity contribution in [2.24, 2.45) is 0 Å². The summed E-state index contributed by atoms with van der Waals surface area (Å²) in [5.41, 5.74) is 1.75. The minimum absolute atomic E-state index is 0.222. The number of pyridine rings is 2. The molecular formula is C18H22N4O3. The van der Waals surface area contributed by atoms with Crippen molar-refractivity contribution in [2.45, 2.75) is 6.42 Å². The van der Waals surface area contributed by atoms with Gasteiger partial charge in [-0.1, -0.05) is 0 Å². The Balaban J connectivity index is 1.96. The zero-order chi connectivity index (χ0) is 18.1. The summed E-state index contributed by atoms with van der Waals surface area (Å²) in [4.78, 5) is 34.2. The molecule has 2 heterocycles. The predicted octanol–water partition coefficient (Wildman–Crippen LogP) is 1.17. The molecule has 2 aromatic rings. The van der Waals surface area contributed by atoms with Crippen molar-refractivity contribution in [2.75, 3.05) is 33.9 Å². The van der Waals surface area contributed by atoms with E-state index in [4.69, 9.17) is 4.74 Å². The van der Waals surface area contributed by atoms with Crippen LogP contribution in [0.3, 0.4) is 0 Å². The highest BCUT2D eigenvalue weighted by Crippen LogP contribution is 2.06. The zero-order valence-corrected chi connectivity index (χ0v) is 14.4. The average molecular weight is 342 g/mol. The van der Waals surface area contributed by atoms with Crippen molar-refractivity contribution in [3.05, 3.63) is 59.7 Å². The van der Waals surface area contributed by atoms with Crippen LogP contribution in [0.1, 0.15) is 26.4 Å². The van der Waals surface area contributed by atoms with E-state index in [0.29, 0.717) is 25.3 Å². The summed E-state index contributed by atoms with van der Waals surface area (Å²) < 4.78 is 4.89. The van der Waals surface area contributed by atoms with Gasteiger partial charge >= 0.3 is 0 Å². The first-order valence-electron chi connectivity index (χ1n) is 7.99. The average Bonchev–Trinajstić information content (AvgIpc) is 2.66. The van der Waals surface area contributed by atoms with E-state index < -0.39 is 0 Å². The lowest BCUT2D eigenvalue weighted by molar-refractivity contribution is 0.0791. The van der Waals surface area contributed by atoms with Crippen LogP contribution in [0.2, 0.25) is 0 Å². The number of nitrogens with zero attached hydrogens (tertiary/aromatic N) is 3. The molecule has 0 aliphatic carbocycles. The first-order chi connectivity index (χ1) is 12.1. The fourth-order valence-corrected chi connectivity index (χ4v) is 2.20. The number of rotatable bonds is 8. The molecule has 2 aromatic heterocycles. The van der Waals surface area contributed by atoms with Crippen molar-refractivity contribution in [3.63, 3.8) is 0 Å². The van der Waals surface area contributed by atoms with Crippen LogP contribution < -0.4 is 5.32 Å². The standard InChI is InChI=1S/C18H22N4O3/c1-22(11-6-14-3-7-19-8-4-14)18(24)16-13-15(5-9-20-16)17(23)21-10-12-25-2/h3-5,7-9,13H,6,10-12H2,1-2H3,(H,21,23). The molecular weight excluding hydrogens is 320 g/mol. The molecule has 1 N–H and O–H groups in total. The number of carbonyl (C=O) groups is 2. The summed E-state index contributed by atoms with van der Waals surface area (Å²) in [6.45, 7) is 1.39. The molecule has 25 heavy (non-hydrogen) atoms. The van der Waals surface area contributed by atoms with Crippen LogP contribution in [0.5, 0.6) is 0 Å². The molecule has 0 atom stereocenters. The molecule has 0 aliphatic rings. The third-order valence-corrected chi connectivity index (χ3v) is 3.66. The van der Waals surface area contributed by atoms with Crippen LogP contribution in [0.25, 0.3) is 0 Å². The van der Waals surface area contributed by atoms with E-state index in [9.17, 15) is 9.59 Å². The Morgan fingerprint density at radius 2 is 1.96 bits per heavy atom. The monoisotopic (exact) mass is 342 g/mol. The van der Waals surface area contributed by atoms with Crippen LogP contribution in [0.4, 0.5) is 0 Å². The van der Waals surface area contributed by atoms with E-state index in [-0.39, 0.29) is 17.5 Å². The minimum atomic E-state index is -0.257. The molecule has 0 saturated heterocycles. The number of methoxy groups -OCH3 is 1. The summed E-state index contributed by atoms with van der Waals surface area (Å²) in [7, 11) is 3.29. The number of amides is 2. The van der Waals surface area contributed by atoms with Gasteiger partial charge in [0.25, 0.3) is 11.8 Å². The maximum Gasteiger partial charge on any atom is 0.272 e. The first kappa shape index (κ1) is 18.5. The van der Waals surface area contributed by atoms with Crippen LogP contribution in [0, 0.1) is 0 Å². The third-order valence-electron chi connectivity index (χ3n) is 3.66. The molecule has 0 aromatic carbocycles. The fourth-order valence-electron chi connectivity index (χ4n) is 2.20. The van der Waals surface area contributed by atoms with Gasteiger partial charge in [0.05, 0.1) is 6.61 Å². The molecule has 2 amide bonds. The Morgan fingerprint density at radius 1 is 1.20 bits per heavy atom. The number of likely N-dealkylation sites (N-methyl/N-ethyl adjacent to an activating group) is 1. The summed E-state index contributed by atoms with van der Waals surface area (Å²) >= 11 is 0. The Bertz CT molecular complexity index is 706. The van der Waals surface area contributed by atoms with E-state index >= 15 is 0 Å². The van der Waals surface area contributed by atoms with E-state index in [1.54, 1.807) is 37.5 Å². The van der Waals surface area contributed by atoms with Crippen molar-refractivity contribution >= 4 is 11.8 Å². The SMILES string of the molecule is COCCNC(=O)c1ccnc(C(=O)N(C)CCc2ccncc2)c1. The maximum absolute atomic E-state index is 12.5. The first-order valence-corrected chi connectivity index (χ1v) is 7.99. The zero-order valence-electron chi connectivity index (χ0n) is 14.4. The fraction of sp³-hybridized carbons (Fsp3) is 0.333. The van der Waals surface area contributed by atoms with E-state index in [1.807, 2.05) is 12.1 Å². The van der Waals surface area contributed by atoms with Crippen LogP contribution in [-0.2, 0) is 11.2 Å². The molecule has 7 heteroatoms. The van der Waals surface area contributed by atoms with Crippen LogP contribution in [0.15, 0.2) is 42.9 Å². The Morgan fingerprint density at radius 3 is 2.68 bits per heavy atom. The molecule has 2 rings (SSSR count). The smallest absolute Gasteiger partial charge is 0.272 e. The van der Waals surface area contributed by atoms with Gasteiger partial charge < -0.3 is 15.0 Å². The molecule has 0 aliphatic heterocycles. The Hall–Kier alpha value is -2.80. The van der Waals surface area contributed by atoms with Gasteiger partial charge in [-0.25, -0.2) is 0 Å². The normalized spacial score (nSPS) is 10.3. The molecule has 7 nitrogen and oxygen atoms in total. The number of ether oxygens (including phenoxy) is 1. The van der Waals surface area contributed by atoms with E-state index in [0.717, 1.165) is 12.0 Å². The van der Waals surface area contributed by atoms with Gasteiger partial charge in [-0.15, -0.1) is 0 Å². The molecule has 0 unspecified atom stereocenters. The predicted molar refractivity (Wildman–Crippen MR) is 93.3 cm³/mol. The number of hydrogen-bond donors (Lipinski definition) is 1. The van der Waals surface area contributed by atoms with Crippen molar-refractivity contribution < 1.29 is 14.3 Å². The number of carbonyl (C=O) groups excluding carboxylic acids is 2. The molecule has 0 saturated carbocycles. The molecule has 0 fully saturated rings. The molecule has 0 radical (unpaired) electrons. The molecule has 0 spiro atoms. The number of nitrogens with one attached hydrogen (secondary N) is 1. The van der Waals surface area contributed by atoms with Gasteiger partial charge in [0.2, 0.25) is 0 Å². The third kappa shape index (κ3) is 5.65. The minimum Gasteiger partial charge on any atom is -0.383 e. The lowest BCUT2D eigenvalue weighted by atomic mass is 10.1. The number of hydrogen-bond acceptors (Lipinski definition) is 5. The lowest BCUT2D eigenvalue weighted by Crippen LogP contribution is -2.30. The van der Waals surface area contributed by atoms with Crippen LogP contribution >= 0.6 is 0 Å². The van der Waals surface area contributed by atoms with E-state index in [1.165, 1.54) is 12.3 Å². The van der Waals surface area contributed by atoms with Gasteiger partial charge in [0, 0.05) is 51.4 Å². The van der Waals surface area contributed by atoms with Gasteiger partial charge in [0.1, 0.15) is 5.69 Å². The highest BCUT2D eigenvalue weighted by molar-refractivity contribution is 5.98. The summed E-state index contributed by atoms with van der Waals surface area (Å²) in [6, 6.07) is 6.92. The summed E-state index contributed by atoms with van der Waals surface area (Å²) in [5, 5.41) is 2.72. The van der Waals surface area contributed by atoms with E-state index in [2.05, 4.69) is 15.3 Å². The van der Waals surface area contributed by atoms with Gasteiger partial charge in [-0.3, -0.25) is 19.6 Å². The van der Waals surface area contributed by atoms with Crippen molar-refractivity contribution in [1.82, 2.24) is 20.2 Å². The largest absolute Gasteiger partial charge is 0.383 e. The summed E-state index contributed by atoms with van der Waals surface area (Å²) in [6.07, 6.45) is 5.64. The van der Waals surface area contributed by atoms with Gasteiger partial charge in [-0.2, -0.15) is 0 Å².